The van der Waals surface area contributed by atoms with Gasteiger partial charge in [0.05, 0.1) is 31.7 Å². The number of nitrogens with two attached hydrogens (primary N) is 2. The van der Waals surface area contributed by atoms with Crippen molar-refractivity contribution in [2.45, 2.75) is 39.2 Å². The number of methoxy groups -OCH3 is 1. The summed E-state index contributed by atoms with van der Waals surface area (Å²) in [6.45, 7) is 6.74. The number of hydrogen-bond acceptors (Lipinski definition) is 10. The summed E-state index contributed by atoms with van der Waals surface area (Å²) in [5.41, 5.74) is 14.7. The van der Waals surface area contributed by atoms with E-state index in [-0.39, 0.29) is 5.95 Å². The predicted octanol–water partition coefficient (Wildman–Crippen LogP) is 1.41. The van der Waals surface area contributed by atoms with Crippen molar-refractivity contribution in [2.24, 2.45) is 0 Å². The van der Waals surface area contributed by atoms with Crippen LogP contribution in [0.2, 0.25) is 0 Å². The highest BCUT2D eigenvalue weighted by Gasteiger charge is 2.16. The van der Waals surface area contributed by atoms with E-state index in [1.807, 2.05) is 12.3 Å². The summed E-state index contributed by atoms with van der Waals surface area (Å²) >= 11 is 0. The molecule has 0 atom stereocenters. The van der Waals surface area contributed by atoms with E-state index >= 15 is 0 Å². The highest BCUT2D eigenvalue weighted by atomic mass is 16.5. The largest absolute Gasteiger partial charge is 0.495 e. The summed E-state index contributed by atoms with van der Waals surface area (Å²) in [5.74, 6) is 1.13. The van der Waals surface area contributed by atoms with Crippen LogP contribution in [0.3, 0.4) is 0 Å². The summed E-state index contributed by atoms with van der Waals surface area (Å²) in [4.78, 5) is 15.1. The lowest BCUT2D eigenvalue weighted by Gasteiger charge is -2.29. The van der Waals surface area contributed by atoms with Gasteiger partial charge in [0, 0.05) is 38.9 Å². The highest BCUT2D eigenvalue weighted by molar-refractivity contribution is 5.85. The number of unbranched alkanes of at least 4 members (excludes halogenated alkanes) is 3. The molecule has 33 heavy (non-hydrogen) atoms. The lowest BCUT2D eigenvalue weighted by Crippen LogP contribution is -2.43. The number of aliphatic hydroxyl groups excluding tert-OH is 1. The fraction of sp³-hybridized carbons (Fsp3) is 0.545. The summed E-state index contributed by atoms with van der Waals surface area (Å²) in [7, 11) is 1.64. The zero-order valence-electron chi connectivity index (χ0n) is 19.5. The molecule has 11 nitrogen and oxygen atoms in total. The molecule has 0 amide bonds. The molecule has 1 aliphatic rings. The van der Waals surface area contributed by atoms with Gasteiger partial charge in [-0.1, -0.05) is 26.2 Å². The fourth-order valence-corrected chi connectivity index (χ4v) is 3.70. The van der Waals surface area contributed by atoms with E-state index in [4.69, 9.17) is 21.3 Å². The molecule has 4 rings (SSSR count). The molecule has 0 spiro atoms. The number of nitrogens with zero attached hydrogens (tertiary/aromatic N) is 6. The molecule has 3 aromatic heterocycles. The van der Waals surface area contributed by atoms with Crippen LogP contribution in [-0.4, -0.2) is 69.7 Å². The number of piperazine rings is 1. The Morgan fingerprint density at radius 2 is 1.91 bits per heavy atom. The van der Waals surface area contributed by atoms with E-state index in [1.165, 1.54) is 19.3 Å². The molecule has 3 aromatic rings. The zero-order valence-corrected chi connectivity index (χ0v) is 19.5. The first-order chi connectivity index (χ1) is 16.1. The van der Waals surface area contributed by atoms with Gasteiger partial charge < -0.3 is 31.5 Å². The average molecular weight is 458 g/mol. The van der Waals surface area contributed by atoms with Crippen LogP contribution in [-0.2, 0) is 6.54 Å². The van der Waals surface area contributed by atoms with Gasteiger partial charge in [-0.25, -0.2) is 4.98 Å². The smallest absolute Gasteiger partial charge is 0.222 e. The summed E-state index contributed by atoms with van der Waals surface area (Å²) in [6.07, 6.45) is 8.17. The lowest BCUT2D eigenvalue weighted by molar-refractivity contribution is 0.283. The molecular weight excluding hydrogens is 422 g/mol. The van der Waals surface area contributed by atoms with E-state index < -0.39 is 0 Å². The molecule has 11 heteroatoms. The Hall–Kier alpha value is -3.18. The number of ether oxygens (including phenoxy) is 1. The third-order valence-corrected chi connectivity index (χ3v) is 5.46. The minimum absolute atomic E-state index is 0.130. The van der Waals surface area contributed by atoms with Crippen LogP contribution in [0.15, 0.2) is 18.5 Å². The number of aromatic nitrogens is 5. The topological polar surface area (TPSA) is 153 Å². The van der Waals surface area contributed by atoms with Crippen LogP contribution in [0.1, 0.15) is 38.3 Å². The van der Waals surface area contributed by atoms with Crippen molar-refractivity contribution in [3.05, 3.63) is 24.2 Å². The first-order valence-electron chi connectivity index (χ1n) is 11.4. The summed E-state index contributed by atoms with van der Waals surface area (Å²) in [6, 6.07) is 2.01. The average Bonchev–Trinajstić information content (AvgIpc) is 3.23. The normalized spacial score (nSPS) is 13.6. The van der Waals surface area contributed by atoms with Crippen molar-refractivity contribution < 1.29 is 9.84 Å². The Balaban J connectivity index is 0.000000383. The van der Waals surface area contributed by atoms with E-state index in [0.29, 0.717) is 35.8 Å². The van der Waals surface area contributed by atoms with Gasteiger partial charge in [-0.15, -0.1) is 0 Å². The summed E-state index contributed by atoms with van der Waals surface area (Å²) in [5, 5.41) is 16.0. The second-order valence-corrected chi connectivity index (χ2v) is 7.87. The van der Waals surface area contributed by atoms with Gasteiger partial charge in [-0.05, 0) is 6.42 Å². The number of anilines is 3. The first kappa shape index (κ1) is 24.5. The molecule has 0 aromatic carbocycles. The molecule has 180 valence electrons. The number of nitrogen functional groups attached to an aromatic ring is 2. The Morgan fingerprint density at radius 1 is 1.12 bits per heavy atom. The second kappa shape index (κ2) is 12.2. The lowest BCUT2D eigenvalue weighted by atomic mass is 10.2. The molecule has 0 bridgehead atoms. The van der Waals surface area contributed by atoms with Gasteiger partial charge in [-0.2, -0.15) is 10.1 Å². The minimum atomic E-state index is 0.130. The van der Waals surface area contributed by atoms with Crippen molar-refractivity contribution >= 4 is 28.5 Å². The maximum absolute atomic E-state index is 8.29. The molecule has 1 saturated heterocycles. The Morgan fingerprint density at radius 3 is 2.61 bits per heavy atom. The van der Waals surface area contributed by atoms with Crippen LogP contribution < -0.4 is 26.4 Å². The van der Waals surface area contributed by atoms with Crippen molar-refractivity contribution in [1.82, 2.24) is 30.0 Å². The molecule has 4 heterocycles. The number of aliphatic hydroxyl groups is 1. The van der Waals surface area contributed by atoms with Gasteiger partial charge in [0.2, 0.25) is 5.95 Å². The van der Waals surface area contributed by atoms with E-state index in [9.17, 15) is 0 Å². The van der Waals surface area contributed by atoms with Crippen molar-refractivity contribution in [2.75, 3.05) is 56.3 Å². The highest BCUT2D eigenvalue weighted by Crippen LogP contribution is 2.26. The Kier molecular flexibility index (Phi) is 9.02. The van der Waals surface area contributed by atoms with E-state index in [1.54, 1.807) is 18.0 Å². The van der Waals surface area contributed by atoms with E-state index in [2.05, 4.69) is 37.2 Å². The van der Waals surface area contributed by atoms with Gasteiger partial charge in [0.1, 0.15) is 22.5 Å². The van der Waals surface area contributed by atoms with E-state index in [0.717, 1.165) is 44.0 Å². The summed E-state index contributed by atoms with van der Waals surface area (Å²) < 4.78 is 7.27. The van der Waals surface area contributed by atoms with Crippen LogP contribution in [0.4, 0.5) is 17.5 Å². The maximum atomic E-state index is 8.29. The molecule has 0 aliphatic carbocycles. The number of fused-ring (bicyclic) bond motifs is 1. The molecule has 0 saturated carbocycles. The molecular formula is C22H35N9O2. The minimum Gasteiger partial charge on any atom is -0.495 e. The maximum Gasteiger partial charge on any atom is 0.222 e. The third-order valence-electron chi connectivity index (χ3n) is 5.46. The molecule has 0 radical (unpaired) electrons. The van der Waals surface area contributed by atoms with Crippen molar-refractivity contribution in [3.63, 3.8) is 0 Å². The monoisotopic (exact) mass is 457 g/mol. The van der Waals surface area contributed by atoms with Gasteiger partial charge in [0.25, 0.3) is 0 Å². The molecule has 1 aliphatic heterocycles. The first-order valence-corrected chi connectivity index (χ1v) is 11.4. The SMILES string of the molecule is CCCCCCO.COc1cc(N2CCNCC2)cnc1Cn1ncc2nc(N)nc(N)c21. The zero-order chi connectivity index (χ0) is 23.6. The van der Waals surface area contributed by atoms with Crippen LogP contribution in [0.5, 0.6) is 5.75 Å². The fourth-order valence-electron chi connectivity index (χ4n) is 3.70. The number of hydrogen-bond donors (Lipinski definition) is 4. The van der Waals surface area contributed by atoms with Crippen molar-refractivity contribution in [3.8, 4) is 5.75 Å². The Bertz CT molecular complexity index is 1010. The number of rotatable bonds is 8. The quantitative estimate of drug-likeness (QED) is 0.365. The standard InChI is InChI=1S/C16H21N9O.C6H14O/c1-26-13-6-10(24-4-2-19-3-5-24)7-20-12(13)9-25-14-11(8-21-25)22-16(18)23-15(14)17;1-2-3-4-5-6-7/h6-8,19H,2-5,9H2,1H3,(H4,17,18,22,23);7H,2-6H2,1H3. The van der Waals surface area contributed by atoms with Crippen molar-refractivity contribution in [1.29, 1.82) is 0 Å². The number of pyridine rings is 1. The Labute approximate surface area is 194 Å². The third kappa shape index (κ3) is 6.42. The van der Waals surface area contributed by atoms with Crippen LogP contribution >= 0.6 is 0 Å². The second-order valence-electron chi connectivity index (χ2n) is 7.87. The van der Waals surface area contributed by atoms with Crippen LogP contribution in [0, 0.1) is 0 Å². The molecule has 6 N–H and O–H groups in total. The van der Waals surface area contributed by atoms with Gasteiger partial charge >= 0.3 is 0 Å². The predicted molar refractivity (Wildman–Crippen MR) is 130 cm³/mol. The number of nitrogens with one attached hydrogen (secondary N) is 1. The van der Waals surface area contributed by atoms with Gasteiger partial charge in [0.15, 0.2) is 5.82 Å². The van der Waals surface area contributed by atoms with Crippen LogP contribution in [0.25, 0.3) is 11.0 Å². The molecule has 0 unspecified atom stereocenters. The molecule has 1 fully saturated rings. The van der Waals surface area contributed by atoms with Gasteiger partial charge in [-0.3, -0.25) is 9.67 Å².